The molecule has 0 spiro atoms. The van der Waals surface area contributed by atoms with Crippen molar-refractivity contribution in [2.75, 3.05) is 12.8 Å². The number of hydrogen-bond donors (Lipinski definition) is 2. The molecule has 0 aromatic carbocycles. The lowest BCUT2D eigenvalue weighted by Crippen LogP contribution is -2.34. The number of nitrogens with one attached hydrogen (secondary N) is 2. The summed E-state index contributed by atoms with van der Waals surface area (Å²) in [7, 11) is -3.02. The molecule has 0 aromatic rings. The molecule has 78 valence electrons. The van der Waals surface area contributed by atoms with Crippen LogP contribution in [0.25, 0.3) is 0 Å². The Morgan fingerprint density at radius 3 is 2.46 bits per heavy atom. The van der Waals surface area contributed by atoms with Crippen LogP contribution in [0.4, 0.5) is 0 Å². The summed E-state index contributed by atoms with van der Waals surface area (Å²) in [6, 6.07) is 0.628. The maximum Gasteiger partial charge on any atom is 0.208 e. The Bertz CT molecular complexity index is 251. The van der Waals surface area contributed by atoms with Gasteiger partial charge in [-0.15, -0.1) is 0 Å². The van der Waals surface area contributed by atoms with Crippen molar-refractivity contribution in [2.24, 2.45) is 0 Å². The lowest BCUT2D eigenvalue weighted by atomic mass is 10.2. The predicted octanol–water partition coefficient (Wildman–Crippen LogP) is 0.0662. The van der Waals surface area contributed by atoms with E-state index in [1.54, 1.807) is 0 Å². The molecule has 0 radical (unpaired) electrons. The molecule has 13 heavy (non-hydrogen) atoms. The van der Waals surface area contributed by atoms with E-state index in [1.165, 1.54) is 6.26 Å². The molecule has 0 amide bonds. The third-order valence-electron chi connectivity index (χ3n) is 2.31. The molecule has 0 aliphatic heterocycles. The smallest absolute Gasteiger partial charge is 0.208 e. The van der Waals surface area contributed by atoms with Gasteiger partial charge in [-0.25, -0.2) is 13.1 Å². The zero-order chi connectivity index (χ0) is 9.90. The van der Waals surface area contributed by atoms with Crippen LogP contribution in [-0.4, -0.2) is 33.3 Å². The molecular weight excluding hydrogens is 188 g/mol. The number of sulfonamides is 1. The third kappa shape index (κ3) is 4.06. The van der Waals surface area contributed by atoms with Crippen molar-refractivity contribution in [2.45, 2.75) is 38.3 Å². The number of hydrogen-bond acceptors (Lipinski definition) is 3. The van der Waals surface area contributed by atoms with Crippen LogP contribution in [0.15, 0.2) is 0 Å². The highest BCUT2D eigenvalue weighted by Gasteiger charge is 2.25. The van der Waals surface area contributed by atoms with Gasteiger partial charge in [-0.05, 0) is 25.8 Å². The van der Waals surface area contributed by atoms with Gasteiger partial charge in [0, 0.05) is 12.1 Å². The van der Waals surface area contributed by atoms with Crippen LogP contribution in [0.5, 0.6) is 0 Å². The molecule has 4 nitrogen and oxygen atoms in total. The van der Waals surface area contributed by atoms with E-state index in [0.29, 0.717) is 6.04 Å². The fraction of sp³-hybridized carbons (Fsp3) is 1.00. The molecule has 2 atom stereocenters. The standard InChI is InChI=1S/C8H18N2O2S/c1-3-9-7-4-5-8(6-7)10-13(2,11)12/h7-10H,3-6H2,1-2H3/t7-,8+/m1/s1. The SMILES string of the molecule is CCN[C@@H]1CC[C@H](NS(C)(=O)=O)C1. The minimum atomic E-state index is -3.02. The van der Waals surface area contributed by atoms with Crippen molar-refractivity contribution in [1.29, 1.82) is 0 Å². The summed E-state index contributed by atoms with van der Waals surface area (Å²) in [5, 5.41) is 3.33. The second kappa shape index (κ2) is 4.39. The molecule has 1 aliphatic rings. The Kier molecular flexibility index (Phi) is 3.70. The first-order valence-corrected chi connectivity index (χ1v) is 6.61. The van der Waals surface area contributed by atoms with E-state index in [0.717, 1.165) is 25.8 Å². The van der Waals surface area contributed by atoms with Crippen LogP contribution < -0.4 is 10.0 Å². The molecule has 1 fully saturated rings. The van der Waals surface area contributed by atoms with Crippen LogP contribution in [0.1, 0.15) is 26.2 Å². The van der Waals surface area contributed by atoms with E-state index < -0.39 is 10.0 Å². The zero-order valence-corrected chi connectivity index (χ0v) is 9.02. The fourth-order valence-corrected chi connectivity index (χ4v) is 2.68. The summed E-state index contributed by atoms with van der Waals surface area (Å²) >= 11 is 0. The van der Waals surface area contributed by atoms with E-state index >= 15 is 0 Å². The molecule has 5 heteroatoms. The van der Waals surface area contributed by atoms with Crippen molar-refractivity contribution < 1.29 is 8.42 Å². The molecule has 1 aliphatic carbocycles. The van der Waals surface area contributed by atoms with E-state index in [4.69, 9.17) is 0 Å². The highest BCUT2D eigenvalue weighted by atomic mass is 32.2. The van der Waals surface area contributed by atoms with Gasteiger partial charge in [0.1, 0.15) is 0 Å². The lowest BCUT2D eigenvalue weighted by molar-refractivity contribution is 0.519. The van der Waals surface area contributed by atoms with Gasteiger partial charge in [-0.2, -0.15) is 0 Å². The second-order valence-electron chi connectivity index (χ2n) is 3.65. The number of rotatable bonds is 4. The minimum Gasteiger partial charge on any atom is -0.314 e. The highest BCUT2D eigenvalue weighted by molar-refractivity contribution is 7.88. The van der Waals surface area contributed by atoms with Gasteiger partial charge in [-0.1, -0.05) is 6.92 Å². The van der Waals surface area contributed by atoms with Crippen LogP contribution >= 0.6 is 0 Å². The summed E-state index contributed by atoms with van der Waals surface area (Å²) in [5.74, 6) is 0. The van der Waals surface area contributed by atoms with Gasteiger partial charge in [0.2, 0.25) is 10.0 Å². The van der Waals surface area contributed by atoms with Crippen LogP contribution in [0.3, 0.4) is 0 Å². The normalized spacial score (nSPS) is 29.4. The second-order valence-corrected chi connectivity index (χ2v) is 5.43. The molecule has 0 unspecified atom stereocenters. The van der Waals surface area contributed by atoms with Crippen LogP contribution in [-0.2, 0) is 10.0 Å². The fourth-order valence-electron chi connectivity index (χ4n) is 1.87. The largest absolute Gasteiger partial charge is 0.314 e. The average molecular weight is 206 g/mol. The Hall–Kier alpha value is -0.130. The summed E-state index contributed by atoms with van der Waals surface area (Å²) < 4.78 is 24.5. The highest BCUT2D eigenvalue weighted by Crippen LogP contribution is 2.19. The predicted molar refractivity (Wildman–Crippen MR) is 53.1 cm³/mol. The van der Waals surface area contributed by atoms with Crippen LogP contribution in [0.2, 0.25) is 0 Å². The van der Waals surface area contributed by atoms with Gasteiger partial charge in [0.15, 0.2) is 0 Å². The van der Waals surface area contributed by atoms with Crippen molar-refractivity contribution in [3.05, 3.63) is 0 Å². The molecule has 0 heterocycles. The first-order valence-electron chi connectivity index (χ1n) is 4.72. The van der Waals surface area contributed by atoms with Crippen molar-refractivity contribution >= 4 is 10.0 Å². The summed E-state index contributed by atoms with van der Waals surface area (Å²) in [4.78, 5) is 0. The molecule has 0 bridgehead atoms. The summed E-state index contributed by atoms with van der Waals surface area (Å²) in [6.45, 7) is 3.02. The van der Waals surface area contributed by atoms with Gasteiger partial charge in [0.25, 0.3) is 0 Å². The van der Waals surface area contributed by atoms with Crippen molar-refractivity contribution in [3.63, 3.8) is 0 Å². The average Bonchev–Trinajstić information content (AvgIpc) is 2.33. The summed E-state index contributed by atoms with van der Waals surface area (Å²) in [5.41, 5.74) is 0. The Balaban J connectivity index is 2.33. The van der Waals surface area contributed by atoms with E-state index in [1.807, 2.05) is 0 Å². The van der Waals surface area contributed by atoms with Crippen LogP contribution in [0, 0.1) is 0 Å². The molecule has 0 saturated heterocycles. The zero-order valence-electron chi connectivity index (χ0n) is 8.21. The van der Waals surface area contributed by atoms with E-state index in [2.05, 4.69) is 17.0 Å². The Morgan fingerprint density at radius 1 is 1.31 bits per heavy atom. The Morgan fingerprint density at radius 2 is 1.92 bits per heavy atom. The quantitative estimate of drug-likeness (QED) is 0.684. The maximum atomic E-state index is 10.9. The maximum absolute atomic E-state index is 10.9. The summed E-state index contributed by atoms with van der Waals surface area (Å²) in [6.07, 6.45) is 4.15. The van der Waals surface area contributed by atoms with Gasteiger partial charge in [-0.3, -0.25) is 0 Å². The lowest BCUT2D eigenvalue weighted by Gasteiger charge is -2.12. The van der Waals surface area contributed by atoms with E-state index in [-0.39, 0.29) is 6.04 Å². The first-order chi connectivity index (χ1) is 6.01. The molecular formula is C8H18N2O2S. The molecule has 0 aromatic heterocycles. The van der Waals surface area contributed by atoms with Crippen molar-refractivity contribution in [1.82, 2.24) is 10.0 Å². The van der Waals surface area contributed by atoms with Crippen molar-refractivity contribution in [3.8, 4) is 0 Å². The van der Waals surface area contributed by atoms with Gasteiger partial charge >= 0.3 is 0 Å². The molecule has 1 saturated carbocycles. The van der Waals surface area contributed by atoms with E-state index in [9.17, 15) is 8.42 Å². The monoisotopic (exact) mass is 206 g/mol. The topological polar surface area (TPSA) is 58.2 Å². The van der Waals surface area contributed by atoms with Gasteiger partial charge in [0.05, 0.1) is 6.26 Å². The minimum absolute atomic E-state index is 0.138. The first kappa shape index (κ1) is 10.9. The van der Waals surface area contributed by atoms with Gasteiger partial charge < -0.3 is 5.32 Å². The Labute approximate surface area is 80.1 Å². The molecule has 2 N–H and O–H groups in total. The molecule has 1 rings (SSSR count). The third-order valence-corrected chi connectivity index (χ3v) is 3.07.